The highest BCUT2D eigenvalue weighted by atomic mass is 35.5. The van der Waals surface area contributed by atoms with Crippen molar-refractivity contribution in [3.8, 4) is 11.5 Å². The number of phenols is 1. The Morgan fingerprint density at radius 2 is 2.23 bits per heavy atom. The number of rotatable bonds is 5. The van der Waals surface area contributed by atoms with Gasteiger partial charge in [0.1, 0.15) is 4.32 Å². The molecule has 1 aliphatic rings. The third-order valence-corrected chi connectivity index (χ3v) is 4.84. The van der Waals surface area contributed by atoms with Gasteiger partial charge in [-0.25, -0.2) is 0 Å². The topological polar surface area (TPSA) is 49.8 Å². The molecule has 1 saturated heterocycles. The van der Waals surface area contributed by atoms with E-state index in [1.54, 1.807) is 23.1 Å². The molecule has 0 saturated carbocycles. The van der Waals surface area contributed by atoms with Crippen LogP contribution in [0.5, 0.6) is 11.5 Å². The first-order chi connectivity index (χ1) is 10.5. The molecule has 2 rings (SSSR count). The summed E-state index contributed by atoms with van der Waals surface area (Å²) >= 11 is 12.5. The molecule has 0 aromatic heterocycles. The molecule has 0 atom stereocenters. The molecule has 118 valence electrons. The van der Waals surface area contributed by atoms with Gasteiger partial charge in [-0.15, -0.1) is 0 Å². The molecule has 4 nitrogen and oxygen atoms in total. The van der Waals surface area contributed by atoms with Gasteiger partial charge >= 0.3 is 0 Å². The fraction of sp³-hybridized carbons (Fsp3) is 0.333. The van der Waals surface area contributed by atoms with E-state index < -0.39 is 0 Å². The summed E-state index contributed by atoms with van der Waals surface area (Å²) in [5, 5.41) is 9.91. The molecule has 1 fully saturated rings. The molecular formula is C15H16ClNO3S2. The number of nitrogens with zero attached hydrogens (tertiary/aromatic N) is 1. The molecule has 1 aromatic rings. The minimum Gasteiger partial charge on any atom is -0.503 e. The number of aromatic hydroxyl groups is 1. The van der Waals surface area contributed by atoms with Crippen LogP contribution < -0.4 is 4.74 Å². The number of thiocarbonyl (C=S) groups is 1. The third-order valence-electron chi connectivity index (χ3n) is 3.18. The number of hydrogen-bond donors (Lipinski definition) is 1. The molecule has 0 spiro atoms. The fourth-order valence-corrected chi connectivity index (χ4v) is 3.52. The van der Waals surface area contributed by atoms with Crippen LogP contribution in [0.4, 0.5) is 0 Å². The van der Waals surface area contributed by atoms with E-state index >= 15 is 0 Å². The summed E-state index contributed by atoms with van der Waals surface area (Å²) in [6, 6.07) is 3.21. The second-order valence-electron chi connectivity index (χ2n) is 4.74. The van der Waals surface area contributed by atoms with Crippen LogP contribution in [-0.4, -0.2) is 33.9 Å². The van der Waals surface area contributed by atoms with Gasteiger partial charge in [0, 0.05) is 6.54 Å². The van der Waals surface area contributed by atoms with Crippen molar-refractivity contribution < 1.29 is 14.6 Å². The Balaban J connectivity index is 2.29. The lowest BCUT2D eigenvalue weighted by Gasteiger charge is -2.13. The lowest BCUT2D eigenvalue weighted by Crippen LogP contribution is -2.28. The minimum atomic E-state index is -0.114. The SMILES string of the molecule is CCCCN1C(=O)C(=Cc2cc(Cl)c(O)c(OC)c2)SC1=S. The van der Waals surface area contributed by atoms with E-state index in [-0.39, 0.29) is 22.4 Å². The van der Waals surface area contributed by atoms with Gasteiger partial charge in [0.25, 0.3) is 5.91 Å². The Kier molecular flexibility index (Phi) is 5.72. The monoisotopic (exact) mass is 357 g/mol. The van der Waals surface area contributed by atoms with E-state index in [1.165, 1.54) is 18.9 Å². The van der Waals surface area contributed by atoms with Gasteiger partial charge in [0.15, 0.2) is 11.5 Å². The maximum Gasteiger partial charge on any atom is 0.266 e. The van der Waals surface area contributed by atoms with Crippen molar-refractivity contribution in [2.24, 2.45) is 0 Å². The number of hydrogen-bond acceptors (Lipinski definition) is 5. The van der Waals surface area contributed by atoms with Crippen molar-refractivity contribution in [3.63, 3.8) is 0 Å². The standard InChI is InChI=1S/C15H16ClNO3S2/c1-3-4-5-17-14(19)12(22-15(17)21)8-9-6-10(16)13(18)11(7-9)20-2/h6-8,18H,3-5H2,1-2H3. The van der Waals surface area contributed by atoms with Gasteiger partial charge in [-0.2, -0.15) is 0 Å². The van der Waals surface area contributed by atoms with Gasteiger partial charge in [-0.05, 0) is 30.2 Å². The van der Waals surface area contributed by atoms with E-state index in [0.717, 1.165) is 12.8 Å². The number of amides is 1. The Morgan fingerprint density at radius 1 is 1.50 bits per heavy atom. The van der Waals surface area contributed by atoms with Crippen molar-refractivity contribution in [2.75, 3.05) is 13.7 Å². The maximum atomic E-state index is 12.4. The second-order valence-corrected chi connectivity index (χ2v) is 6.82. The first-order valence-corrected chi connectivity index (χ1v) is 8.40. The molecule has 1 amide bonds. The van der Waals surface area contributed by atoms with Gasteiger partial charge < -0.3 is 9.84 Å². The summed E-state index contributed by atoms with van der Waals surface area (Å²) in [4.78, 5) is 14.5. The zero-order valence-electron chi connectivity index (χ0n) is 12.3. The molecule has 0 radical (unpaired) electrons. The van der Waals surface area contributed by atoms with Crippen molar-refractivity contribution in [3.05, 3.63) is 27.6 Å². The number of halogens is 1. The van der Waals surface area contributed by atoms with Gasteiger partial charge in [0.05, 0.1) is 17.0 Å². The highest BCUT2D eigenvalue weighted by Crippen LogP contribution is 2.38. The number of carbonyl (C=O) groups is 1. The lowest BCUT2D eigenvalue weighted by atomic mass is 10.2. The van der Waals surface area contributed by atoms with Crippen LogP contribution in [0.1, 0.15) is 25.3 Å². The molecule has 1 aromatic carbocycles. The van der Waals surface area contributed by atoms with Gasteiger partial charge in [0.2, 0.25) is 0 Å². The summed E-state index contributed by atoms with van der Waals surface area (Å²) in [5.41, 5.74) is 0.677. The summed E-state index contributed by atoms with van der Waals surface area (Å²) in [5.74, 6) is 0.0589. The number of ether oxygens (including phenoxy) is 1. The van der Waals surface area contributed by atoms with Crippen LogP contribution in [0.3, 0.4) is 0 Å². The number of thioether (sulfide) groups is 1. The van der Waals surface area contributed by atoms with E-state index in [4.69, 9.17) is 28.6 Å². The number of carbonyl (C=O) groups excluding carboxylic acids is 1. The summed E-state index contributed by atoms with van der Waals surface area (Å²) in [6.07, 6.45) is 3.62. The molecule has 7 heteroatoms. The highest BCUT2D eigenvalue weighted by Gasteiger charge is 2.31. The minimum absolute atomic E-state index is 0.0911. The number of unbranched alkanes of at least 4 members (excludes halogenated alkanes) is 1. The molecule has 0 aliphatic carbocycles. The summed E-state index contributed by atoms with van der Waals surface area (Å²) < 4.78 is 5.63. The molecule has 0 bridgehead atoms. The first kappa shape index (κ1) is 17.1. The van der Waals surface area contributed by atoms with Gasteiger partial charge in [-0.1, -0.05) is 48.9 Å². The van der Waals surface area contributed by atoms with Crippen molar-refractivity contribution in [2.45, 2.75) is 19.8 Å². The number of methoxy groups -OCH3 is 1. The van der Waals surface area contributed by atoms with E-state index in [9.17, 15) is 9.90 Å². The smallest absolute Gasteiger partial charge is 0.266 e. The van der Waals surface area contributed by atoms with E-state index in [0.29, 0.717) is 21.3 Å². The summed E-state index contributed by atoms with van der Waals surface area (Å²) in [6.45, 7) is 2.70. The average Bonchev–Trinajstić information content (AvgIpc) is 2.75. The maximum absolute atomic E-state index is 12.4. The normalized spacial score (nSPS) is 16.7. The average molecular weight is 358 g/mol. The molecule has 1 N–H and O–H groups in total. The predicted octanol–water partition coefficient (Wildman–Crippen LogP) is 4.06. The molecule has 0 unspecified atom stereocenters. The van der Waals surface area contributed by atoms with Crippen LogP contribution in [0, 0.1) is 0 Å². The second kappa shape index (κ2) is 7.35. The number of phenolic OH excluding ortho intramolecular Hbond substituents is 1. The predicted molar refractivity (Wildman–Crippen MR) is 94.5 cm³/mol. The quantitative estimate of drug-likeness (QED) is 0.636. The van der Waals surface area contributed by atoms with Crippen LogP contribution in [0.15, 0.2) is 17.0 Å². The van der Waals surface area contributed by atoms with Crippen LogP contribution in [0.2, 0.25) is 5.02 Å². The Hall–Kier alpha value is -1.24. The lowest BCUT2D eigenvalue weighted by molar-refractivity contribution is -0.122. The Bertz CT molecular complexity index is 646. The Labute approximate surface area is 144 Å². The molecule has 1 aliphatic heterocycles. The first-order valence-electron chi connectivity index (χ1n) is 6.79. The largest absolute Gasteiger partial charge is 0.503 e. The fourth-order valence-electron chi connectivity index (χ4n) is 1.99. The van der Waals surface area contributed by atoms with Crippen molar-refractivity contribution in [1.82, 2.24) is 4.90 Å². The van der Waals surface area contributed by atoms with E-state index in [1.807, 2.05) is 0 Å². The molecule has 1 heterocycles. The summed E-state index contributed by atoms with van der Waals surface area (Å²) in [7, 11) is 1.44. The van der Waals surface area contributed by atoms with Crippen LogP contribution in [0.25, 0.3) is 6.08 Å². The highest BCUT2D eigenvalue weighted by molar-refractivity contribution is 8.26. The third kappa shape index (κ3) is 3.56. The van der Waals surface area contributed by atoms with Crippen LogP contribution in [-0.2, 0) is 4.79 Å². The van der Waals surface area contributed by atoms with Crippen molar-refractivity contribution in [1.29, 1.82) is 0 Å². The van der Waals surface area contributed by atoms with Gasteiger partial charge in [-0.3, -0.25) is 9.69 Å². The molecular weight excluding hydrogens is 342 g/mol. The zero-order valence-corrected chi connectivity index (χ0v) is 14.6. The zero-order chi connectivity index (χ0) is 16.3. The Morgan fingerprint density at radius 3 is 2.86 bits per heavy atom. The number of benzene rings is 1. The molecule has 22 heavy (non-hydrogen) atoms. The van der Waals surface area contributed by atoms with Crippen molar-refractivity contribution >= 4 is 51.9 Å². The van der Waals surface area contributed by atoms with E-state index in [2.05, 4.69) is 6.92 Å². The van der Waals surface area contributed by atoms with Crippen LogP contribution >= 0.6 is 35.6 Å².